The first-order valence-corrected chi connectivity index (χ1v) is 5.30. The van der Waals surface area contributed by atoms with Crippen LogP contribution in [-0.2, 0) is 0 Å². The van der Waals surface area contributed by atoms with Gasteiger partial charge in [0.2, 0.25) is 0 Å². The number of methoxy groups -OCH3 is 1. The fourth-order valence-electron chi connectivity index (χ4n) is 1.75. The van der Waals surface area contributed by atoms with E-state index in [1.165, 1.54) is 0 Å². The topological polar surface area (TPSA) is 75.5 Å². The normalized spacial score (nSPS) is 11.1. The molecule has 0 atom stereocenters. The number of hydrogen-bond donors (Lipinski definition) is 2. The van der Waals surface area contributed by atoms with Crippen LogP contribution in [0.1, 0.15) is 11.5 Å². The highest BCUT2D eigenvalue weighted by atomic mass is 16.5. The first-order valence-electron chi connectivity index (χ1n) is 5.30. The molecule has 0 saturated carbocycles. The van der Waals surface area contributed by atoms with Crippen molar-refractivity contribution in [2.45, 2.75) is 5.92 Å². The first kappa shape index (κ1) is 11.8. The van der Waals surface area contributed by atoms with E-state index in [0.29, 0.717) is 11.4 Å². The molecule has 0 spiro atoms. The molecule has 0 aliphatic heterocycles. The molecule has 0 aromatic carbocycles. The number of aliphatic hydroxyl groups excluding tert-OH is 2. The fourth-order valence-corrected chi connectivity index (χ4v) is 1.75. The second-order valence-corrected chi connectivity index (χ2v) is 3.71. The molecule has 0 unspecified atom stereocenters. The summed E-state index contributed by atoms with van der Waals surface area (Å²) >= 11 is 0. The summed E-state index contributed by atoms with van der Waals surface area (Å²) in [5, 5.41) is 19.3. The molecule has 0 radical (unpaired) electrons. The first-order chi connectivity index (χ1) is 8.30. The SMILES string of the molecule is COc1cnc2nccc(C(CO)CO)c2c1. The zero-order valence-corrected chi connectivity index (χ0v) is 9.50. The molecule has 0 bridgehead atoms. The maximum atomic E-state index is 9.23. The molecule has 17 heavy (non-hydrogen) atoms. The van der Waals surface area contributed by atoms with Gasteiger partial charge in [-0.25, -0.2) is 9.97 Å². The Kier molecular flexibility index (Phi) is 3.51. The van der Waals surface area contributed by atoms with Crippen molar-refractivity contribution < 1.29 is 14.9 Å². The standard InChI is InChI=1S/C12H14N2O3/c1-17-9-4-11-10(8(6-15)7-16)2-3-13-12(11)14-5-9/h2-5,8,15-16H,6-7H2,1H3. The molecule has 2 heterocycles. The van der Waals surface area contributed by atoms with Crippen LogP contribution in [0.15, 0.2) is 24.5 Å². The second kappa shape index (κ2) is 5.07. The molecule has 0 amide bonds. The van der Waals surface area contributed by atoms with Gasteiger partial charge in [-0.2, -0.15) is 0 Å². The minimum absolute atomic E-state index is 0.118. The Morgan fingerprint density at radius 3 is 2.71 bits per heavy atom. The molecule has 2 rings (SSSR count). The van der Waals surface area contributed by atoms with E-state index in [1.54, 1.807) is 25.6 Å². The lowest BCUT2D eigenvalue weighted by molar-refractivity contribution is 0.193. The number of aromatic nitrogens is 2. The average molecular weight is 234 g/mol. The molecule has 2 aromatic rings. The van der Waals surface area contributed by atoms with Crippen LogP contribution >= 0.6 is 0 Å². The lowest BCUT2D eigenvalue weighted by Crippen LogP contribution is -2.09. The van der Waals surface area contributed by atoms with Gasteiger partial charge in [-0.3, -0.25) is 0 Å². The Hall–Kier alpha value is -1.72. The Morgan fingerprint density at radius 1 is 1.29 bits per heavy atom. The Morgan fingerprint density at radius 2 is 2.06 bits per heavy atom. The predicted molar refractivity (Wildman–Crippen MR) is 63.0 cm³/mol. The van der Waals surface area contributed by atoms with Gasteiger partial charge in [0.05, 0.1) is 26.5 Å². The van der Waals surface area contributed by atoms with Gasteiger partial charge in [0.25, 0.3) is 0 Å². The van der Waals surface area contributed by atoms with Gasteiger partial charge in [0.1, 0.15) is 5.75 Å². The van der Waals surface area contributed by atoms with E-state index in [1.807, 2.05) is 6.07 Å². The summed E-state index contributed by atoms with van der Waals surface area (Å²) in [5.41, 5.74) is 1.40. The lowest BCUT2D eigenvalue weighted by Gasteiger charge is -2.13. The molecule has 5 nitrogen and oxygen atoms in total. The Balaban J connectivity index is 2.61. The molecular formula is C12H14N2O3. The van der Waals surface area contributed by atoms with Gasteiger partial charge >= 0.3 is 0 Å². The van der Waals surface area contributed by atoms with Crippen LogP contribution in [0, 0.1) is 0 Å². The molecule has 0 saturated heterocycles. The average Bonchev–Trinajstić information content (AvgIpc) is 2.40. The predicted octanol–water partition coefficient (Wildman–Crippen LogP) is 0.707. The third kappa shape index (κ3) is 2.20. The molecule has 0 aliphatic rings. The third-order valence-electron chi connectivity index (χ3n) is 2.72. The lowest BCUT2D eigenvalue weighted by atomic mass is 9.98. The van der Waals surface area contributed by atoms with E-state index in [9.17, 15) is 10.2 Å². The molecule has 0 fully saturated rings. The van der Waals surface area contributed by atoms with Crippen LogP contribution in [-0.4, -0.2) is 40.5 Å². The number of fused-ring (bicyclic) bond motifs is 1. The zero-order chi connectivity index (χ0) is 12.3. The number of aliphatic hydroxyl groups is 2. The van der Waals surface area contributed by atoms with E-state index in [2.05, 4.69) is 9.97 Å². The van der Waals surface area contributed by atoms with E-state index < -0.39 is 0 Å². The molecule has 2 N–H and O–H groups in total. The van der Waals surface area contributed by atoms with Crippen molar-refractivity contribution in [3.8, 4) is 5.75 Å². The smallest absolute Gasteiger partial charge is 0.159 e. The minimum atomic E-state index is -0.325. The number of pyridine rings is 2. The van der Waals surface area contributed by atoms with Gasteiger partial charge in [-0.05, 0) is 17.7 Å². The van der Waals surface area contributed by atoms with Crippen LogP contribution in [0.3, 0.4) is 0 Å². The highest BCUT2D eigenvalue weighted by Crippen LogP contribution is 2.25. The number of hydrogen-bond acceptors (Lipinski definition) is 5. The Bertz CT molecular complexity index is 512. The quantitative estimate of drug-likeness (QED) is 0.814. The van der Waals surface area contributed by atoms with E-state index >= 15 is 0 Å². The Labute approximate surface area is 98.7 Å². The van der Waals surface area contributed by atoms with Gasteiger partial charge in [-0.1, -0.05) is 0 Å². The van der Waals surface area contributed by atoms with Crippen LogP contribution in [0.2, 0.25) is 0 Å². The molecule has 2 aromatic heterocycles. The third-order valence-corrected chi connectivity index (χ3v) is 2.72. The van der Waals surface area contributed by atoms with Crippen LogP contribution < -0.4 is 4.74 Å². The summed E-state index contributed by atoms with van der Waals surface area (Å²) in [6, 6.07) is 3.59. The molecular weight excluding hydrogens is 220 g/mol. The number of rotatable bonds is 4. The molecule has 5 heteroatoms. The van der Waals surface area contributed by atoms with Crippen molar-refractivity contribution in [1.29, 1.82) is 0 Å². The van der Waals surface area contributed by atoms with E-state index in [0.717, 1.165) is 10.9 Å². The summed E-state index contributed by atoms with van der Waals surface area (Å²) in [5.74, 6) is 0.302. The van der Waals surface area contributed by atoms with Gasteiger partial charge in [-0.15, -0.1) is 0 Å². The van der Waals surface area contributed by atoms with Crippen molar-refractivity contribution >= 4 is 11.0 Å². The summed E-state index contributed by atoms with van der Waals surface area (Å²) in [4.78, 5) is 8.30. The van der Waals surface area contributed by atoms with Crippen molar-refractivity contribution in [3.63, 3.8) is 0 Å². The van der Waals surface area contributed by atoms with Gasteiger partial charge < -0.3 is 14.9 Å². The summed E-state index contributed by atoms with van der Waals surface area (Å²) in [7, 11) is 1.56. The van der Waals surface area contributed by atoms with Crippen LogP contribution in [0.5, 0.6) is 5.75 Å². The summed E-state index contributed by atoms with van der Waals surface area (Å²) < 4.78 is 5.11. The zero-order valence-electron chi connectivity index (χ0n) is 9.50. The maximum absolute atomic E-state index is 9.23. The van der Waals surface area contributed by atoms with Gasteiger partial charge in [0.15, 0.2) is 5.65 Å². The van der Waals surface area contributed by atoms with Gasteiger partial charge in [0, 0.05) is 17.5 Å². The van der Waals surface area contributed by atoms with Crippen molar-refractivity contribution in [2.24, 2.45) is 0 Å². The summed E-state index contributed by atoms with van der Waals surface area (Å²) in [6.45, 7) is -0.236. The maximum Gasteiger partial charge on any atom is 0.159 e. The van der Waals surface area contributed by atoms with Crippen molar-refractivity contribution in [1.82, 2.24) is 9.97 Å². The highest BCUT2D eigenvalue weighted by Gasteiger charge is 2.14. The largest absolute Gasteiger partial charge is 0.495 e. The highest BCUT2D eigenvalue weighted by molar-refractivity contribution is 5.80. The van der Waals surface area contributed by atoms with Crippen LogP contribution in [0.25, 0.3) is 11.0 Å². The van der Waals surface area contributed by atoms with Crippen LogP contribution in [0.4, 0.5) is 0 Å². The monoisotopic (exact) mass is 234 g/mol. The van der Waals surface area contributed by atoms with E-state index in [-0.39, 0.29) is 19.1 Å². The van der Waals surface area contributed by atoms with Crippen molar-refractivity contribution in [3.05, 3.63) is 30.1 Å². The van der Waals surface area contributed by atoms with E-state index in [4.69, 9.17) is 4.74 Å². The summed E-state index contributed by atoms with van der Waals surface area (Å²) in [6.07, 6.45) is 3.21. The minimum Gasteiger partial charge on any atom is -0.495 e. The second-order valence-electron chi connectivity index (χ2n) is 3.71. The molecule has 90 valence electrons. The molecule has 0 aliphatic carbocycles. The van der Waals surface area contributed by atoms with Crippen molar-refractivity contribution in [2.75, 3.05) is 20.3 Å². The number of ether oxygens (including phenoxy) is 1. The fraction of sp³-hybridized carbons (Fsp3) is 0.333. The number of nitrogens with zero attached hydrogens (tertiary/aromatic N) is 2.